The van der Waals surface area contributed by atoms with Crippen molar-refractivity contribution in [1.82, 2.24) is 10.1 Å². The average molecular weight is 346 g/mol. The molecule has 1 aliphatic heterocycles. The lowest BCUT2D eigenvalue weighted by atomic mass is 10.0. The fourth-order valence-electron chi connectivity index (χ4n) is 3.72. The van der Waals surface area contributed by atoms with Gasteiger partial charge in [0, 0.05) is 24.6 Å². The first-order chi connectivity index (χ1) is 12.1. The van der Waals surface area contributed by atoms with Crippen molar-refractivity contribution in [3.63, 3.8) is 0 Å². The van der Waals surface area contributed by atoms with Crippen LogP contribution >= 0.6 is 0 Å². The molecular formula is C19H26N2O4. The molecule has 1 aromatic heterocycles. The molecule has 1 saturated heterocycles. The molecule has 2 heterocycles. The summed E-state index contributed by atoms with van der Waals surface area (Å²) < 4.78 is 16.0. The van der Waals surface area contributed by atoms with E-state index in [-0.39, 0.29) is 5.75 Å². The lowest BCUT2D eigenvalue weighted by Gasteiger charge is -2.25. The van der Waals surface area contributed by atoms with E-state index in [1.807, 2.05) is 19.1 Å². The van der Waals surface area contributed by atoms with E-state index in [1.165, 1.54) is 5.56 Å². The van der Waals surface area contributed by atoms with E-state index in [0.29, 0.717) is 17.5 Å². The minimum Gasteiger partial charge on any atom is -0.502 e. The van der Waals surface area contributed by atoms with E-state index in [9.17, 15) is 5.11 Å². The van der Waals surface area contributed by atoms with Crippen molar-refractivity contribution in [1.29, 1.82) is 0 Å². The van der Waals surface area contributed by atoms with Crippen LogP contribution in [0, 0.1) is 6.92 Å². The molecule has 0 amide bonds. The molecule has 0 unspecified atom stereocenters. The summed E-state index contributed by atoms with van der Waals surface area (Å²) >= 11 is 0. The number of phenolic OH excluding ortho intramolecular Hbond substituents is 1. The van der Waals surface area contributed by atoms with Crippen LogP contribution in [-0.4, -0.2) is 35.9 Å². The molecule has 1 fully saturated rings. The minimum absolute atomic E-state index is 0.0369. The van der Waals surface area contributed by atoms with Crippen LogP contribution in [0.5, 0.6) is 17.2 Å². The number of likely N-dealkylation sites (tertiary alicyclic amines) is 1. The van der Waals surface area contributed by atoms with E-state index >= 15 is 0 Å². The fraction of sp³-hybridized carbons (Fsp3) is 0.526. The van der Waals surface area contributed by atoms with Gasteiger partial charge in [-0.15, -0.1) is 0 Å². The maximum absolute atomic E-state index is 10.1. The van der Waals surface area contributed by atoms with Crippen LogP contribution in [0.1, 0.15) is 48.4 Å². The molecule has 6 nitrogen and oxygen atoms in total. The standard InChI is InChI=1S/C19H26N2O4/c1-5-15-18(12(2)20-25-15)14-7-6-8-21(14)11-13-9-16(23-3)19(22)17(10-13)24-4/h9-10,14,22H,5-8,11H2,1-4H3/t14-/m0/s1. The summed E-state index contributed by atoms with van der Waals surface area (Å²) in [5.41, 5.74) is 3.26. The number of nitrogens with zero attached hydrogens (tertiary/aromatic N) is 2. The summed E-state index contributed by atoms with van der Waals surface area (Å²) in [7, 11) is 3.09. The predicted molar refractivity (Wildman–Crippen MR) is 94.2 cm³/mol. The van der Waals surface area contributed by atoms with Gasteiger partial charge in [-0.1, -0.05) is 12.1 Å². The van der Waals surface area contributed by atoms with E-state index < -0.39 is 0 Å². The van der Waals surface area contributed by atoms with Gasteiger partial charge in [0.05, 0.1) is 19.9 Å². The number of hydrogen-bond donors (Lipinski definition) is 1. The number of aryl methyl sites for hydroxylation is 2. The number of aromatic hydroxyl groups is 1. The van der Waals surface area contributed by atoms with E-state index in [0.717, 1.165) is 49.4 Å². The topological polar surface area (TPSA) is 68.0 Å². The van der Waals surface area contributed by atoms with E-state index in [1.54, 1.807) is 14.2 Å². The molecule has 0 aliphatic carbocycles. The van der Waals surface area contributed by atoms with Gasteiger partial charge in [0.1, 0.15) is 5.76 Å². The smallest absolute Gasteiger partial charge is 0.200 e. The first-order valence-electron chi connectivity index (χ1n) is 8.72. The van der Waals surface area contributed by atoms with Crippen LogP contribution in [0.25, 0.3) is 0 Å². The van der Waals surface area contributed by atoms with Crippen LogP contribution in [0.2, 0.25) is 0 Å². The van der Waals surface area contributed by atoms with Crippen LogP contribution < -0.4 is 9.47 Å². The summed E-state index contributed by atoms with van der Waals surface area (Å²) in [6, 6.07) is 4.05. The number of rotatable bonds is 6. The van der Waals surface area contributed by atoms with Crippen molar-refractivity contribution in [2.45, 2.75) is 45.7 Å². The fourth-order valence-corrected chi connectivity index (χ4v) is 3.72. The lowest BCUT2D eigenvalue weighted by molar-refractivity contribution is 0.243. The Kier molecular flexibility index (Phi) is 5.18. The molecule has 25 heavy (non-hydrogen) atoms. The van der Waals surface area contributed by atoms with Gasteiger partial charge in [0.25, 0.3) is 0 Å². The van der Waals surface area contributed by atoms with Crippen molar-refractivity contribution >= 4 is 0 Å². The third-order valence-corrected chi connectivity index (χ3v) is 4.93. The molecule has 0 bridgehead atoms. The molecule has 0 saturated carbocycles. The Hall–Kier alpha value is -2.21. The molecule has 136 valence electrons. The zero-order valence-corrected chi connectivity index (χ0v) is 15.3. The summed E-state index contributed by atoms with van der Waals surface area (Å²) in [4.78, 5) is 2.43. The highest BCUT2D eigenvalue weighted by atomic mass is 16.5. The number of hydrogen-bond acceptors (Lipinski definition) is 6. The average Bonchev–Trinajstić information content (AvgIpc) is 3.21. The second kappa shape index (κ2) is 7.35. The van der Waals surface area contributed by atoms with Crippen LogP contribution in [0.4, 0.5) is 0 Å². The molecule has 3 rings (SSSR count). The summed E-state index contributed by atoms with van der Waals surface area (Å²) in [6.07, 6.45) is 3.09. The van der Waals surface area contributed by atoms with Gasteiger partial charge in [0.15, 0.2) is 11.5 Å². The zero-order chi connectivity index (χ0) is 18.0. The van der Waals surface area contributed by atoms with Crippen LogP contribution in [-0.2, 0) is 13.0 Å². The number of aromatic nitrogens is 1. The molecule has 0 radical (unpaired) electrons. The van der Waals surface area contributed by atoms with Crippen molar-refractivity contribution in [2.24, 2.45) is 0 Å². The first kappa shape index (κ1) is 17.6. The SMILES string of the molecule is CCc1onc(C)c1[C@@H]1CCCN1Cc1cc(OC)c(O)c(OC)c1. The molecule has 6 heteroatoms. The molecule has 1 aromatic carbocycles. The van der Waals surface area contributed by atoms with Gasteiger partial charge in [-0.05, 0) is 44.0 Å². The van der Waals surface area contributed by atoms with Crippen molar-refractivity contribution in [3.05, 3.63) is 34.7 Å². The van der Waals surface area contributed by atoms with Crippen molar-refractivity contribution < 1.29 is 19.1 Å². The Labute approximate surface area is 148 Å². The van der Waals surface area contributed by atoms with Crippen molar-refractivity contribution in [2.75, 3.05) is 20.8 Å². The second-order valence-electron chi connectivity index (χ2n) is 6.44. The summed E-state index contributed by atoms with van der Waals surface area (Å²) in [5, 5.41) is 14.3. The van der Waals surface area contributed by atoms with Crippen LogP contribution in [0.15, 0.2) is 16.7 Å². The molecule has 1 atom stereocenters. The van der Waals surface area contributed by atoms with Crippen molar-refractivity contribution in [3.8, 4) is 17.2 Å². The zero-order valence-electron chi connectivity index (χ0n) is 15.3. The van der Waals surface area contributed by atoms with Gasteiger partial charge in [0.2, 0.25) is 5.75 Å². The van der Waals surface area contributed by atoms with Gasteiger partial charge in [-0.3, -0.25) is 4.90 Å². The highest BCUT2D eigenvalue weighted by Crippen LogP contribution is 2.40. The highest BCUT2D eigenvalue weighted by Gasteiger charge is 2.31. The molecule has 1 aliphatic rings. The monoisotopic (exact) mass is 346 g/mol. The highest BCUT2D eigenvalue weighted by molar-refractivity contribution is 5.52. The number of benzene rings is 1. The Morgan fingerprint density at radius 1 is 1.28 bits per heavy atom. The van der Waals surface area contributed by atoms with Gasteiger partial charge >= 0.3 is 0 Å². The first-order valence-corrected chi connectivity index (χ1v) is 8.72. The Balaban J connectivity index is 1.88. The van der Waals surface area contributed by atoms with E-state index in [4.69, 9.17) is 14.0 Å². The largest absolute Gasteiger partial charge is 0.502 e. The Morgan fingerprint density at radius 3 is 2.56 bits per heavy atom. The summed E-state index contributed by atoms with van der Waals surface area (Å²) in [6.45, 7) is 5.88. The van der Waals surface area contributed by atoms with Crippen LogP contribution in [0.3, 0.4) is 0 Å². The van der Waals surface area contributed by atoms with Gasteiger partial charge < -0.3 is 19.1 Å². The van der Waals surface area contributed by atoms with Gasteiger partial charge in [-0.25, -0.2) is 0 Å². The number of phenols is 1. The van der Waals surface area contributed by atoms with Gasteiger partial charge in [-0.2, -0.15) is 0 Å². The number of methoxy groups -OCH3 is 2. The summed E-state index contributed by atoms with van der Waals surface area (Å²) in [5.74, 6) is 1.88. The maximum Gasteiger partial charge on any atom is 0.200 e. The Bertz CT molecular complexity index is 716. The lowest BCUT2D eigenvalue weighted by Crippen LogP contribution is -2.23. The minimum atomic E-state index is 0.0369. The quantitative estimate of drug-likeness (QED) is 0.862. The molecular weight excluding hydrogens is 320 g/mol. The normalized spacial score (nSPS) is 17.8. The molecule has 1 N–H and O–H groups in total. The maximum atomic E-state index is 10.1. The predicted octanol–water partition coefficient (Wildman–Crippen LogP) is 3.61. The molecule has 2 aromatic rings. The third kappa shape index (κ3) is 3.31. The van der Waals surface area contributed by atoms with E-state index in [2.05, 4.69) is 17.0 Å². The second-order valence-corrected chi connectivity index (χ2v) is 6.44. The number of ether oxygens (including phenoxy) is 2. The molecule has 0 spiro atoms. The Morgan fingerprint density at radius 2 is 1.96 bits per heavy atom. The third-order valence-electron chi connectivity index (χ3n) is 4.93.